The maximum atomic E-state index is 14.0. The van der Waals surface area contributed by atoms with Crippen LogP contribution in [0.15, 0.2) is 101 Å². The van der Waals surface area contributed by atoms with Gasteiger partial charge in [0.15, 0.2) is 0 Å². The van der Waals surface area contributed by atoms with Crippen molar-refractivity contribution in [2.45, 2.75) is 185 Å². The van der Waals surface area contributed by atoms with Gasteiger partial charge < -0.3 is 54.2 Å². The zero-order valence-corrected chi connectivity index (χ0v) is 62.0. The van der Waals surface area contributed by atoms with Gasteiger partial charge in [-0.15, -0.1) is 35.3 Å². The number of carbonyl (C=O) groups excluding carboxylic acids is 1. The minimum Gasteiger partial charge on any atom is -0.399 e. The number of aromatic nitrogens is 3. The van der Waals surface area contributed by atoms with Crippen molar-refractivity contribution in [2.75, 3.05) is 95.5 Å². The van der Waals surface area contributed by atoms with Gasteiger partial charge in [-0.1, -0.05) is 76.7 Å². The molecule has 6 aliphatic rings. The Morgan fingerprint density at radius 1 is 0.630 bits per heavy atom. The Kier molecular flexibility index (Phi) is 26.4. The molecular weight excluding hydrogens is 1320 g/mol. The molecule has 3 aromatic heterocycles. The fourth-order valence-electron chi connectivity index (χ4n) is 13.5. The van der Waals surface area contributed by atoms with E-state index in [0.717, 1.165) is 165 Å². The lowest BCUT2D eigenvalue weighted by Gasteiger charge is -2.39. The number of nitrogens with one attached hydrogen (secondary N) is 1. The average Bonchev–Trinajstić information content (AvgIpc) is 0.774. The molecule has 530 valence electrons. The molecule has 12 rings (SSSR count). The number of hydrogen-bond donors (Lipinski definition) is 2. The highest BCUT2D eigenvalue weighted by Gasteiger charge is 2.37. The van der Waals surface area contributed by atoms with E-state index < -0.39 is 0 Å². The number of thioether (sulfide) groups is 3. The second kappa shape index (κ2) is 35.1. The number of nitrogen functional groups attached to an aromatic ring is 1. The highest BCUT2D eigenvalue weighted by molar-refractivity contribution is 7.99. The number of fused-ring (bicyclic) bond motifs is 3. The van der Waals surface area contributed by atoms with Gasteiger partial charge in [-0.05, 0) is 142 Å². The van der Waals surface area contributed by atoms with Crippen LogP contribution >= 0.6 is 35.3 Å². The van der Waals surface area contributed by atoms with Gasteiger partial charge in [0.25, 0.3) is 0 Å². The summed E-state index contributed by atoms with van der Waals surface area (Å²) in [5.41, 5.74) is 18.5. The predicted molar refractivity (Wildman–Crippen MR) is 397 cm³/mol. The Hall–Kier alpha value is -7.27. The summed E-state index contributed by atoms with van der Waals surface area (Å²) in [6.45, 7) is 32.1. The molecule has 100 heavy (non-hydrogen) atoms. The number of rotatable bonds is 19. The summed E-state index contributed by atoms with van der Waals surface area (Å²) < 4.78 is 49.9. The third-order valence-electron chi connectivity index (χ3n) is 18.8. The van der Waals surface area contributed by atoms with Crippen molar-refractivity contribution in [1.29, 1.82) is 15.8 Å². The normalized spacial score (nSPS) is 20.8. The number of anilines is 5. The van der Waals surface area contributed by atoms with E-state index in [9.17, 15) is 25.0 Å². The highest BCUT2D eigenvalue weighted by Crippen LogP contribution is 2.42. The van der Waals surface area contributed by atoms with Crippen LogP contribution in [0, 0.1) is 51.6 Å². The molecule has 1 amide bonds. The topological polar surface area (TPSA) is 230 Å². The number of nitriles is 3. The molecule has 6 atom stereocenters. The molecule has 3 fully saturated rings. The van der Waals surface area contributed by atoms with Gasteiger partial charge in [0.2, 0.25) is 5.91 Å². The van der Waals surface area contributed by atoms with Crippen molar-refractivity contribution in [3.8, 4) is 18.2 Å². The highest BCUT2D eigenvalue weighted by atomic mass is 32.2. The standard InChI is InChI=1S/C29H36N4O3S.C26H34N4O2S.C23H26FN3O2S/c1-6-27(34)31-22-9-7-21(8-10-22)11-12-37-29-24(14-30)23-13-26(18(2)3)35-17-25(23)28(32-29)33-15-19(4)36-20(5)16-33;1-16(2)24-11-21-22(12-27)26(33-10-9-19-5-7-20(28)8-6-19)29-25(23(21)15-31-24)30-13-17(3)32-18(4)14-30;1-23(2)13-17-18(14-25)22(30-12-7-16-5-3-4-6-20(16)24)26-21(19(17)15-29-23)27-8-10-28-11-9-27/h6-10,18-20,26H,1,11-13,15-17H2,2-5H3,(H,31,34);5-8,16-18,24H,9-11,13-15,28H2,1-4H3;3-6H,7-13,15H2,1-2H3. The quantitative estimate of drug-likeness (QED) is 0.0436. The third kappa shape index (κ3) is 19.3. The van der Waals surface area contributed by atoms with Gasteiger partial charge in [-0.25, -0.2) is 19.3 Å². The molecule has 6 aromatic rings. The molecule has 3 aromatic carbocycles. The molecule has 0 spiro atoms. The van der Waals surface area contributed by atoms with Crippen molar-refractivity contribution in [3.63, 3.8) is 0 Å². The van der Waals surface area contributed by atoms with Crippen molar-refractivity contribution in [1.82, 2.24) is 15.0 Å². The van der Waals surface area contributed by atoms with Gasteiger partial charge >= 0.3 is 0 Å². The van der Waals surface area contributed by atoms with Crippen LogP contribution in [0.1, 0.15) is 136 Å². The van der Waals surface area contributed by atoms with Crippen LogP contribution in [-0.2, 0) is 91.6 Å². The molecule has 6 aliphatic heterocycles. The average molecular weight is 1410 g/mol. The van der Waals surface area contributed by atoms with E-state index in [4.69, 9.17) is 49.1 Å². The Morgan fingerprint density at radius 2 is 1.06 bits per heavy atom. The first-order chi connectivity index (χ1) is 48.1. The molecule has 0 bridgehead atoms. The lowest BCUT2D eigenvalue weighted by Crippen LogP contribution is -2.46. The number of pyridine rings is 3. The Bertz CT molecular complexity index is 3940. The number of aryl methyl sites for hydroxylation is 3. The molecule has 0 saturated carbocycles. The fraction of sp³-hybridized carbons (Fsp3) is 0.500. The minimum absolute atomic E-state index is 0.0929. The Morgan fingerprint density at radius 3 is 1.51 bits per heavy atom. The predicted octanol–water partition coefficient (Wildman–Crippen LogP) is 13.8. The summed E-state index contributed by atoms with van der Waals surface area (Å²) in [5.74, 6) is 5.44. The second-order valence-corrected chi connectivity index (χ2v) is 31.1. The molecular formula is C78H96FN11O7S3. The first-order valence-electron chi connectivity index (χ1n) is 35.0. The zero-order chi connectivity index (χ0) is 71.2. The number of nitrogens with two attached hydrogens (primary N) is 1. The SMILES string of the molecule is C=CC(=O)Nc1ccc(CCSc2nc(N3CC(C)OC(C)C3)c3c(c2C#N)CC(C(C)C)OC3)cc1.CC1(C)Cc2c(C#N)c(SCCc3ccccc3F)nc(N3CCOCC3)c2CO1.CC1CN(c2nc(SCCc3ccc(N)cc3)c(C#N)c3c2COC(C(C)C)C3)CC(C)O1. The molecule has 3 N–H and O–H groups in total. The van der Waals surface area contributed by atoms with E-state index >= 15 is 0 Å². The number of morpholine rings is 3. The third-order valence-corrected chi connectivity index (χ3v) is 21.7. The number of ether oxygens (including phenoxy) is 6. The van der Waals surface area contributed by atoms with Crippen LogP contribution < -0.4 is 25.8 Å². The second-order valence-electron chi connectivity index (χ2n) is 27.8. The lowest BCUT2D eigenvalue weighted by molar-refractivity contribution is -0.111. The summed E-state index contributed by atoms with van der Waals surface area (Å²) in [7, 11) is 0. The van der Waals surface area contributed by atoms with Gasteiger partial charge in [0, 0.05) is 104 Å². The molecule has 0 aliphatic carbocycles. The number of halogens is 1. The van der Waals surface area contributed by atoms with Crippen LogP contribution in [-0.4, -0.2) is 133 Å². The van der Waals surface area contributed by atoms with Crippen LogP contribution in [0.5, 0.6) is 0 Å². The van der Waals surface area contributed by atoms with Gasteiger partial charge in [0.05, 0.1) is 91.9 Å². The van der Waals surface area contributed by atoms with Gasteiger partial charge in [0.1, 0.15) is 56.6 Å². The molecule has 3 saturated heterocycles. The summed E-state index contributed by atoms with van der Waals surface area (Å²) in [6, 6.07) is 30.0. The zero-order valence-electron chi connectivity index (χ0n) is 59.5. The van der Waals surface area contributed by atoms with Crippen molar-refractivity contribution < 1.29 is 37.6 Å². The summed E-state index contributed by atoms with van der Waals surface area (Å²) >= 11 is 4.83. The van der Waals surface area contributed by atoms with E-state index in [-0.39, 0.29) is 53.9 Å². The minimum atomic E-state index is -0.322. The van der Waals surface area contributed by atoms with Crippen LogP contribution in [0.4, 0.5) is 33.2 Å². The first kappa shape index (κ1) is 75.4. The van der Waals surface area contributed by atoms with E-state index in [0.29, 0.717) is 80.2 Å². The smallest absolute Gasteiger partial charge is 0.247 e. The molecule has 0 radical (unpaired) electrons. The van der Waals surface area contributed by atoms with E-state index in [1.54, 1.807) is 35.7 Å². The monoisotopic (exact) mass is 1410 g/mol. The maximum absolute atomic E-state index is 14.0. The van der Waals surface area contributed by atoms with Crippen LogP contribution in [0.2, 0.25) is 0 Å². The first-order valence-corrected chi connectivity index (χ1v) is 37.9. The number of amides is 1. The van der Waals surface area contributed by atoms with E-state index in [1.165, 1.54) is 29.5 Å². The lowest BCUT2D eigenvalue weighted by atomic mass is 9.89. The largest absolute Gasteiger partial charge is 0.399 e. The Labute approximate surface area is 603 Å². The molecule has 18 nitrogen and oxygen atoms in total. The van der Waals surface area contributed by atoms with Gasteiger partial charge in [-0.3, -0.25) is 4.79 Å². The summed E-state index contributed by atoms with van der Waals surface area (Å²) in [6.07, 6.45) is 6.42. The Balaban J connectivity index is 0.000000163. The number of nitrogens with zero attached hydrogens (tertiary/aromatic N) is 9. The van der Waals surface area contributed by atoms with E-state index in [1.807, 2.05) is 42.5 Å². The number of benzene rings is 3. The summed E-state index contributed by atoms with van der Waals surface area (Å²) in [5, 5.41) is 35.4. The molecule has 9 heterocycles. The fourth-order valence-corrected chi connectivity index (χ4v) is 16.5. The van der Waals surface area contributed by atoms with Crippen molar-refractivity contribution in [2.24, 2.45) is 11.8 Å². The number of hydrogen-bond acceptors (Lipinski definition) is 20. The van der Waals surface area contributed by atoms with Gasteiger partial charge in [-0.2, -0.15) is 15.8 Å². The van der Waals surface area contributed by atoms with Crippen LogP contribution in [0.25, 0.3) is 0 Å². The van der Waals surface area contributed by atoms with Crippen molar-refractivity contribution in [3.05, 3.63) is 158 Å². The van der Waals surface area contributed by atoms with Crippen molar-refractivity contribution >= 4 is 70.0 Å². The number of carbonyl (C=O) groups is 1. The maximum Gasteiger partial charge on any atom is 0.247 e. The summed E-state index contributed by atoms with van der Waals surface area (Å²) in [4.78, 5) is 33.4. The molecule has 6 unspecified atom stereocenters. The molecule has 22 heteroatoms. The van der Waals surface area contributed by atoms with Crippen LogP contribution in [0.3, 0.4) is 0 Å². The van der Waals surface area contributed by atoms with E-state index in [2.05, 4.69) is 126 Å².